The van der Waals surface area contributed by atoms with Crippen LogP contribution in [0.5, 0.6) is 5.88 Å². The van der Waals surface area contributed by atoms with E-state index in [0.29, 0.717) is 33.8 Å². The maximum atomic E-state index is 13.4. The molecule has 53 heavy (non-hydrogen) atoms. The molecule has 0 atom stereocenters. The number of benzene rings is 2. The lowest BCUT2D eigenvalue weighted by Crippen LogP contribution is -2.23. The van der Waals surface area contributed by atoms with Gasteiger partial charge in [0.05, 0.1) is 48.1 Å². The number of nitrogens with zero attached hydrogens (tertiary/aromatic N) is 4. The number of rotatable bonds is 14. The minimum atomic E-state index is -4.95. The number of methoxy groups -OCH3 is 1. The van der Waals surface area contributed by atoms with E-state index in [4.69, 9.17) is 20.0 Å². The number of aromatic hydroxyl groups is 1. The number of carbonyl (C=O) groups is 3. The van der Waals surface area contributed by atoms with E-state index in [-0.39, 0.29) is 15.4 Å². The second kappa shape index (κ2) is 17.2. The predicted octanol–water partition coefficient (Wildman–Crippen LogP) is 3.13. The Hall–Kier alpha value is -4.97. The molecule has 1 aliphatic heterocycles. The third-order valence-electron chi connectivity index (χ3n) is 6.30. The lowest BCUT2D eigenvalue weighted by atomic mass is 10.2. The number of hydrogen-bond donors (Lipinski definition) is 5. The number of esters is 2. The Labute approximate surface area is 305 Å². The van der Waals surface area contributed by atoms with Gasteiger partial charge in [-0.05, 0) is 48.6 Å². The van der Waals surface area contributed by atoms with Crippen LogP contribution < -0.4 is 5.01 Å². The number of hydrazone groups is 1. The number of allylic oxidation sites excluding steroid dienone is 4. The van der Waals surface area contributed by atoms with Crippen LogP contribution in [0.15, 0.2) is 91.0 Å². The van der Waals surface area contributed by atoms with Crippen LogP contribution in [0.1, 0.15) is 23.0 Å². The van der Waals surface area contributed by atoms with Crippen LogP contribution in [0.3, 0.4) is 0 Å². The van der Waals surface area contributed by atoms with Gasteiger partial charge in [0.25, 0.3) is 32.0 Å². The number of anilines is 1. The van der Waals surface area contributed by atoms with Gasteiger partial charge in [0.2, 0.25) is 5.88 Å². The van der Waals surface area contributed by atoms with E-state index in [1.807, 2.05) is 0 Å². The van der Waals surface area contributed by atoms with E-state index in [1.54, 1.807) is 0 Å². The summed E-state index contributed by atoms with van der Waals surface area (Å²) in [5.74, 6) is -4.44. The summed E-state index contributed by atoms with van der Waals surface area (Å²) in [4.78, 5) is 36.4. The zero-order valence-electron chi connectivity index (χ0n) is 26.3. The Bertz CT molecular complexity index is 2280. The largest absolute Gasteiger partial charge is 0.493 e. The first kappa shape index (κ1) is 40.8. The molecule has 0 spiro atoms. The van der Waals surface area contributed by atoms with Crippen molar-refractivity contribution in [2.24, 2.45) is 5.10 Å². The molecule has 282 valence electrons. The topological polar surface area (TPSA) is 309 Å². The Morgan fingerprint density at radius 1 is 0.868 bits per heavy atom. The Balaban J connectivity index is 1.73. The van der Waals surface area contributed by atoms with Crippen LogP contribution in [0, 0.1) is 0 Å². The van der Waals surface area contributed by atoms with Gasteiger partial charge in [-0.1, -0.05) is 28.3 Å². The Morgan fingerprint density at radius 3 is 1.96 bits per heavy atom. The molecule has 3 aromatic rings. The lowest BCUT2D eigenvalue weighted by Gasteiger charge is -2.15. The Morgan fingerprint density at radius 2 is 1.43 bits per heavy atom. The van der Waals surface area contributed by atoms with E-state index in [2.05, 4.69) is 28.9 Å². The van der Waals surface area contributed by atoms with Gasteiger partial charge in [-0.3, -0.25) is 18.7 Å². The monoisotopic (exact) mass is 818 g/mol. The molecule has 1 aromatic heterocycles. The maximum absolute atomic E-state index is 13.4. The van der Waals surface area contributed by atoms with E-state index < -0.39 is 82.3 Å². The molecule has 26 heteroatoms. The quantitative estimate of drug-likeness (QED) is 0.0297. The van der Waals surface area contributed by atoms with Crippen molar-refractivity contribution in [3.8, 4) is 11.6 Å². The molecule has 0 radical (unpaired) electrons. The summed E-state index contributed by atoms with van der Waals surface area (Å²) < 4.78 is 86.9. The van der Waals surface area contributed by atoms with Gasteiger partial charge in [-0.25, -0.2) is 15.3 Å². The van der Waals surface area contributed by atoms with Gasteiger partial charge >= 0.3 is 11.9 Å². The number of aromatic nitrogens is 2. The standard InChI is InChI=1S/C27H22N4O18S4/c1-14(32)45-24-18(26(34)31(29-24)20-13-16(51-49-47-37)9-11-22(20)53(41,42)43)7-5-3-4-6-17-23(27(35)44-2)28-30(25(17)33)19-12-15(50-48-46-36)8-10-21(19)52(38,39)40/h3-13,33,36-37H,1-2H3,(H,38,39,40)(H,41,42,43)/b5-3+,6-4+,18-7-. The maximum Gasteiger partial charge on any atom is 0.359 e. The minimum Gasteiger partial charge on any atom is -0.493 e. The first-order valence-corrected chi connectivity index (χ1v) is 18.0. The average molecular weight is 819 g/mol. The molecule has 22 nitrogen and oxygen atoms in total. The van der Waals surface area contributed by atoms with Crippen molar-refractivity contribution in [2.75, 3.05) is 12.1 Å². The van der Waals surface area contributed by atoms with Crippen LogP contribution >= 0.6 is 24.1 Å². The number of amides is 1. The van der Waals surface area contributed by atoms with Crippen molar-refractivity contribution in [1.82, 2.24) is 9.78 Å². The fourth-order valence-corrected chi connectivity index (χ4v) is 6.33. The summed E-state index contributed by atoms with van der Waals surface area (Å²) >= 11 is 0.792. The van der Waals surface area contributed by atoms with Crippen LogP contribution in [-0.4, -0.2) is 82.2 Å². The van der Waals surface area contributed by atoms with Crippen molar-refractivity contribution in [3.05, 3.63) is 77.5 Å². The highest BCUT2D eigenvalue weighted by Crippen LogP contribution is 2.35. The molecule has 4 rings (SSSR count). The molecule has 1 amide bonds. The molecule has 0 aliphatic carbocycles. The third kappa shape index (κ3) is 9.72. The smallest absolute Gasteiger partial charge is 0.359 e. The summed E-state index contributed by atoms with van der Waals surface area (Å²) in [5.41, 5.74) is -2.23. The summed E-state index contributed by atoms with van der Waals surface area (Å²) in [5, 5.41) is 43.3. The normalized spacial score (nSPS) is 14.5. The minimum absolute atomic E-state index is 0.0602. The fourth-order valence-electron chi connectivity index (χ4n) is 4.25. The zero-order valence-corrected chi connectivity index (χ0v) is 29.6. The molecule has 1 aliphatic rings. The molecular weight excluding hydrogens is 797 g/mol. The predicted molar refractivity (Wildman–Crippen MR) is 177 cm³/mol. The van der Waals surface area contributed by atoms with Crippen molar-refractivity contribution >= 4 is 79.8 Å². The van der Waals surface area contributed by atoms with E-state index in [1.165, 1.54) is 18.2 Å². The SMILES string of the molecule is COC(=O)c1nn(-c2cc(SOOO)ccc2S(=O)(=O)O)c(O)c1/C=C/C=C/C=C1\C(=O)N(c2cc(SOOO)ccc2S(=O)(=O)O)N=C1OC(C)=O. The highest BCUT2D eigenvalue weighted by atomic mass is 32.2. The van der Waals surface area contributed by atoms with Gasteiger partial charge in [0.1, 0.15) is 15.4 Å². The van der Waals surface area contributed by atoms with Gasteiger partial charge in [0.15, 0.2) is 5.69 Å². The number of carbonyl (C=O) groups excluding carboxylic acids is 3. The van der Waals surface area contributed by atoms with Crippen LogP contribution in [0.25, 0.3) is 11.8 Å². The van der Waals surface area contributed by atoms with Crippen LogP contribution in [-0.2, 0) is 58.0 Å². The highest BCUT2D eigenvalue weighted by Gasteiger charge is 2.36. The molecule has 0 bridgehead atoms. The van der Waals surface area contributed by atoms with Crippen LogP contribution in [0.2, 0.25) is 0 Å². The van der Waals surface area contributed by atoms with Crippen molar-refractivity contribution in [3.63, 3.8) is 0 Å². The molecule has 2 heterocycles. The van der Waals surface area contributed by atoms with Crippen molar-refractivity contribution in [1.29, 1.82) is 0 Å². The summed E-state index contributed by atoms with van der Waals surface area (Å²) in [6.45, 7) is 0.996. The molecule has 0 unspecified atom stereocenters. The van der Waals surface area contributed by atoms with E-state index in [9.17, 15) is 45.4 Å². The molecule has 0 saturated heterocycles. The molecular formula is C27H22N4O18S4. The van der Waals surface area contributed by atoms with Gasteiger partial charge in [0, 0.05) is 16.7 Å². The van der Waals surface area contributed by atoms with Crippen molar-refractivity contribution < 1.29 is 84.2 Å². The van der Waals surface area contributed by atoms with E-state index >= 15 is 0 Å². The fraction of sp³-hybridized carbons (Fsp3) is 0.0741. The number of hydrogen-bond acceptors (Lipinski definition) is 20. The second-order valence-electron chi connectivity index (χ2n) is 9.59. The first-order valence-electron chi connectivity index (χ1n) is 13.6. The highest BCUT2D eigenvalue weighted by molar-refractivity contribution is 7.94. The van der Waals surface area contributed by atoms with Crippen molar-refractivity contribution in [2.45, 2.75) is 26.5 Å². The summed E-state index contributed by atoms with van der Waals surface area (Å²) in [6.07, 6.45) is 5.87. The molecule has 0 saturated carbocycles. The van der Waals surface area contributed by atoms with Gasteiger partial charge in [-0.2, -0.15) is 31.6 Å². The average Bonchev–Trinajstić information content (AvgIpc) is 3.59. The Kier molecular flexibility index (Phi) is 13.3. The summed E-state index contributed by atoms with van der Waals surface area (Å²) in [6, 6.07) is 6.18. The summed E-state index contributed by atoms with van der Waals surface area (Å²) in [7, 11) is -8.90. The van der Waals surface area contributed by atoms with Gasteiger partial charge < -0.3 is 14.6 Å². The van der Waals surface area contributed by atoms with Crippen LogP contribution in [0.4, 0.5) is 5.69 Å². The van der Waals surface area contributed by atoms with E-state index in [0.717, 1.165) is 62.6 Å². The zero-order chi connectivity index (χ0) is 39.1. The number of ether oxygens (including phenoxy) is 2. The first-order chi connectivity index (χ1) is 25.0. The molecule has 0 fully saturated rings. The molecule has 2 aromatic carbocycles. The lowest BCUT2D eigenvalue weighted by molar-refractivity contribution is -0.432. The van der Waals surface area contributed by atoms with Gasteiger partial charge in [-0.15, -0.1) is 13.8 Å². The molecule has 5 N–H and O–H groups in total. The second-order valence-corrected chi connectivity index (χ2v) is 13.9. The third-order valence-corrected chi connectivity index (χ3v) is 9.25.